The highest BCUT2D eigenvalue weighted by atomic mass is 32.1. The van der Waals surface area contributed by atoms with E-state index >= 15 is 0 Å². The van der Waals surface area contributed by atoms with Gasteiger partial charge in [-0.15, -0.1) is 11.3 Å². The van der Waals surface area contributed by atoms with Crippen molar-refractivity contribution in [2.75, 3.05) is 0 Å². The summed E-state index contributed by atoms with van der Waals surface area (Å²) < 4.78 is 0. The van der Waals surface area contributed by atoms with Gasteiger partial charge in [-0.3, -0.25) is 4.79 Å². The number of carbonyl (C=O) groups excluding carboxylic acids is 1. The number of rotatable bonds is 1. The SMILES string of the molecule is O=C1C=C[C@H](O)C1c1cccs1. The van der Waals surface area contributed by atoms with Crippen LogP contribution >= 0.6 is 11.3 Å². The summed E-state index contributed by atoms with van der Waals surface area (Å²) in [6.45, 7) is 0. The molecule has 0 radical (unpaired) electrons. The standard InChI is InChI=1S/C9H8O2S/c10-6-3-4-7(11)9(6)8-2-1-5-12-8/h1-6,9-10H/t6-,9?/m0/s1. The summed E-state index contributed by atoms with van der Waals surface area (Å²) in [5, 5.41) is 11.3. The lowest BCUT2D eigenvalue weighted by atomic mass is 10.0. The van der Waals surface area contributed by atoms with Gasteiger partial charge in [0.2, 0.25) is 0 Å². The zero-order valence-corrected chi connectivity index (χ0v) is 7.12. The number of aliphatic hydroxyl groups is 1. The summed E-state index contributed by atoms with van der Waals surface area (Å²) in [5.74, 6) is -0.338. The Bertz CT molecular complexity index is 313. The largest absolute Gasteiger partial charge is 0.388 e. The molecule has 2 nitrogen and oxygen atoms in total. The van der Waals surface area contributed by atoms with Gasteiger partial charge in [0, 0.05) is 4.88 Å². The smallest absolute Gasteiger partial charge is 0.166 e. The van der Waals surface area contributed by atoms with Gasteiger partial charge in [0.1, 0.15) is 0 Å². The van der Waals surface area contributed by atoms with Crippen molar-refractivity contribution in [3.05, 3.63) is 34.5 Å². The molecule has 0 aromatic carbocycles. The highest BCUT2D eigenvalue weighted by molar-refractivity contribution is 7.10. The van der Waals surface area contributed by atoms with E-state index in [9.17, 15) is 9.90 Å². The van der Waals surface area contributed by atoms with E-state index in [1.54, 1.807) is 6.08 Å². The first-order valence-electron chi connectivity index (χ1n) is 3.72. The number of ketones is 1. The summed E-state index contributed by atoms with van der Waals surface area (Å²) in [6, 6.07) is 3.77. The summed E-state index contributed by atoms with van der Waals surface area (Å²) >= 11 is 1.51. The molecule has 1 aliphatic carbocycles. The molecule has 3 heteroatoms. The summed E-state index contributed by atoms with van der Waals surface area (Å²) in [6.07, 6.45) is 2.37. The fraction of sp³-hybridized carbons (Fsp3) is 0.222. The van der Waals surface area contributed by atoms with E-state index in [0.717, 1.165) is 4.88 Å². The zero-order chi connectivity index (χ0) is 8.55. The van der Waals surface area contributed by atoms with E-state index < -0.39 is 6.10 Å². The maximum atomic E-state index is 11.2. The first kappa shape index (κ1) is 7.71. The van der Waals surface area contributed by atoms with Crippen LogP contribution in [0.15, 0.2) is 29.7 Å². The number of carbonyl (C=O) groups is 1. The highest BCUT2D eigenvalue weighted by Gasteiger charge is 2.30. The van der Waals surface area contributed by atoms with Gasteiger partial charge >= 0.3 is 0 Å². The molecular formula is C9H8O2S. The van der Waals surface area contributed by atoms with Crippen molar-refractivity contribution >= 4 is 17.1 Å². The van der Waals surface area contributed by atoms with Gasteiger partial charge in [0.25, 0.3) is 0 Å². The molecule has 1 N–H and O–H groups in total. The molecule has 0 bridgehead atoms. The van der Waals surface area contributed by atoms with Crippen molar-refractivity contribution in [1.29, 1.82) is 0 Å². The monoisotopic (exact) mass is 180 g/mol. The molecule has 0 amide bonds. The minimum Gasteiger partial charge on any atom is -0.388 e. The third-order valence-corrected chi connectivity index (χ3v) is 2.91. The number of allylic oxidation sites excluding steroid dienone is 1. The van der Waals surface area contributed by atoms with Crippen LogP contribution in [0.5, 0.6) is 0 Å². The molecule has 0 fully saturated rings. The van der Waals surface area contributed by atoms with Crippen LogP contribution in [-0.4, -0.2) is 17.0 Å². The van der Waals surface area contributed by atoms with Crippen LogP contribution in [0.1, 0.15) is 10.8 Å². The summed E-state index contributed by atoms with van der Waals surface area (Å²) in [5.41, 5.74) is 0. The molecule has 1 aliphatic rings. The molecule has 1 aromatic rings. The predicted molar refractivity (Wildman–Crippen MR) is 47.2 cm³/mol. The lowest BCUT2D eigenvalue weighted by Crippen LogP contribution is -2.16. The van der Waals surface area contributed by atoms with Crippen molar-refractivity contribution in [2.45, 2.75) is 12.0 Å². The maximum Gasteiger partial charge on any atom is 0.166 e. The van der Waals surface area contributed by atoms with Gasteiger partial charge in [0.05, 0.1) is 12.0 Å². The molecule has 1 heterocycles. The molecule has 0 saturated heterocycles. The quantitative estimate of drug-likeness (QED) is 0.708. The van der Waals surface area contributed by atoms with Gasteiger partial charge in [-0.1, -0.05) is 12.1 Å². The molecule has 0 aliphatic heterocycles. The van der Waals surface area contributed by atoms with Crippen molar-refractivity contribution in [2.24, 2.45) is 0 Å². The first-order valence-corrected chi connectivity index (χ1v) is 4.60. The Kier molecular flexibility index (Phi) is 1.83. The minimum absolute atomic E-state index is 0.00458. The molecular weight excluding hydrogens is 172 g/mol. The Morgan fingerprint density at radius 3 is 2.83 bits per heavy atom. The van der Waals surface area contributed by atoms with Crippen LogP contribution in [0.4, 0.5) is 0 Å². The molecule has 12 heavy (non-hydrogen) atoms. The van der Waals surface area contributed by atoms with E-state index in [0.29, 0.717) is 0 Å². The lowest BCUT2D eigenvalue weighted by molar-refractivity contribution is -0.116. The zero-order valence-electron chi connectivity index (χ0n) is 6.31. The predicted octanol–water partition coefficient (Wildman–Crippen LogP) is 1.33. The fourth-order valence-corrected chi connectivity index (χ4v) is 2.23. The topological polar surface area (TPSA) is 37.3 Å². The molecule has 2 atom stereocenters. The van der Waals surface area contributed by atoms with E-state index in [1.165, 1.54) is 17.4 Å². The third kappa shape index (κ3) is 1.11. The van der Waals surface area contributed by atoms with Crippen LogP contribution in [-0.2, 0) is 4.79 Å². The molecule has 0 saturated carbocycles. The van der Waals surface area contributed by atoms with Crippen LogP contribution < -0.4 is 0 Å². The molecule has 2 rings (SSSR count). The van der Waals surface area contributed by atoms with Crippen LogP contribution in [0.25, 0.3) is 0 Å². The Morgan fingerprint density at radius 2 is 2.33 bits per heavy atom. The van der Waals surface area contributed by atoms with Crippen LogP contribution in [0.3, 0.4) is 0 Å². The highest BCUT2D eigenvalue weighted by Crippen LogP contribution is 2.29. The molecule has 62 valence electrons. The Morgan fingerprint density at radius 1 is 1.50 bits per heavy atom. The molecule has 1 unspecified atom stereocenters. The Hall–Kier alpha value is -0.930. The maximum absolute atomic E-state index is 11.2. The Labute approximate surface area is 74.2 Å². The van der Waals surface area contributed by atoms with Crippen LogP contribution in [0, 0.1) is 0 Å². The average molecular weight is 180 g/mol. The van der Waals surface area contributed by atoms with Gasteiger partial charge in [-0.25, -0.2) is 0 Å². The number of hydrogen-bond donors (Lipinski definition) is 1. The number of aliphatic hydroxyl groups excluding tert-OH is 1. The number of hydrogen-bond acceptors (Lipinski definition) is 3. The fourth-order valence-electron chi connectivity index (χ4n) is 1.35. The van der Waals surface area contributed by atoms with Crippen molar-refractivity contribution in [3.8, 4) is 0 Å². The third-order valence-electron chi connectivity index (χ3n) is 1.96. The van der Waals surface area contributed by atoms with Crippen molar-refractivity contribution in [3.63, 3.8) is 0 Å². The Balaban J connectivity index is 2.31. The lowest BCUT2D eigenvalue weighted by Gasteiger charge is -2.09. The van der Waals surface area contributed by atoms with Gasteiger partial charge in [-0.05, 0) is 17.5 Å². The second-order valence-corrected chi connectivity index (χ2v) is 3.72. The van der Waals surface area contributed by atoms with Crippen molar-refractivity contribution in [1.82, 2.24) is 0 Å². The van der Waals surface area contributed by atoms with E-state index in [1.807, 2.05) is 17.5 Å². The van der Waals surface area contributed by atoms with E-state index in [2.05, 4.69) is 0 Å². The average Bonchev–Trinajstić information content (AvgIpc) is 2.61. The second-order valence-electron chi connectivity index (χ2n) is 2.75. The molecule has 1 aromatic heterocycles. The van der Waals surface area contributed by atoms with Gasteiger partial charge in [0.15, 0.2) is 5.78 Å². The first-order chi connectivity index (χ1) is 5.79. The minimum atomic E-state index is -0.629. The van der Waals surface area contributed by atoms with Gasteiger partial charge < -0.3 is 5.11 Å². The van der Waals surface area contributed by atoms with Crippen LogP contribution in [0.2, 0.25) is 0 Å². The van der Waals surface area contributed by atoms with Crippen molar-refractivity contribution < 1.29 is 9.90 Å². The summed E-state index contributed by atoms with van der Waals surface area (Å²) in [4.78, 5) is 12.2. The normalized spacial score (nSPS) is 28.2. The molecule has 0 spiro atoms. The van der Waals surface area contributed by atoms with E-state index in [4.69, 9.17) is 0 Å². The number of thiophene rings is 1. The summed E-state index contributed by atoms with van der Waals surface area (Å²) in [7, 11) is 0. The van der Waals surface area contributed by atoms with Gasteiger partial charge in [-0.2, -0.15) is 0 Å². The second kappa shape index (κ2) is 2.84. The van der Waals surface area contributed by atoms with E-state index in [-0.39, 0.29) is 11.7 Å².